The van der Waals surface area contributed by atoms with Crippen molar-refractivity contribution in [2.24, 2.45) is 5.73 Å². The lowest BCUT2D eigenvalue weighted by atomic mass is 9.96. The van der Waals surface area contributed by atoms with Gasteiger partial charge < -0.3 is 10.7 Å². The molecule has 2 heterocycles. The summed E-state index contributed by atoms with van der Waals surface area (Å²) in [6.45, 7) is 1.74. The van der Waals surface area contributed by atoms with Gasteiger partial charge in [-0.2, -0.15) is 0 Å². The van der Waals surface area contributed by atoms with Gasteiger partial charge in [0, 0.05) is 34.5 Å². The van der Waals surface area contributed by atoms with Gasteiger partial charge in [-0.25, -0.2) is 9.37 Å². The highest BCUT2D eigenvalue weighted by Crippen LogP contribution is 2.33. The van der Waals surface area contributed by atoms with E-state index >= 15 is 4.39 Å². The van der Waals surface area contributed by atoms with E-state index in [0.717, 1.165) is 16.5 Å². The third-order valence-electron chi connectivity index (χ3n) is 4.56. The Morgan fingerprint density at radius 2 is 2.07 bits per heavy atom. The summed E-state index contributed by atoms with van der Waals surface area (Å²) in [5, 5.41) is 1.53. The number of primary amides is 1. The van der Waals surface area contributed by atoms with E-state index < -0.39 is 11.7 Å². The number of pyridine rings is 1. The van der Waals surface area contributed by atoms with Crippen LogP contribution < -0.4 is 5.73 Å². The van der Waals surface area contributed by atoms with Crippen molar-refractivity contribution in [1.82, 2.24) is 9.97 Å². The number of aromatic amines is 1. The van der Waals surface area contributed by atoms with Crippen molar-refractivity contribution >= 4 is 27.7 Å². The van der Waals surface area contributed by atoms with Crippen LogP contribution >= 0.6 is 0 Å². The largest absolute Gasteiger partial charge is 0.366 e. The number of nitrogens with zero attached hydrogens (tertiary/aromatic N) is 1. The van der Waals surface area contributed by atoms with Gasteiger partial charge in [-0.1, -0.05) is 24.1 Å². The van der Waals surface area contributed by atoms with Crippen LogP contribution in [0.4, 0.5) is 4.39 Å². The molecule has 0 bridgehead atoms. The minimum absolute atomic E-state index is 0.148. The topological polar surface area (TPSA) is 71.8 Å². The molecule has 4 aromatic rings. The van der Waals surface area contributed by atoms with E-state index in [1.807, 2.05) is 36.4 Å². The molecule has 27 heavy (non-hydrogen) atoms. The first-order valence-electron chi connectivity index (χ1n) is 8.47. The number of H-pyrrole nitrogens is 1. The van der Waals surface area contributed by atoms with Crippen LogP contribution in [0.2, 0.25) is 0 Å². The molecule has 4 nitrogen and oxygen atoms in total. The van der Waals surface area contributed by atoms with Crippen molar-refractivity contribution in [2.75, 3.05) is 0 Å². The zero-order valence-electron chi connectivity index (χ0n) is 14.6. The number of fused-ring (bicyclic) bond motifs is 3. The highest BCUT2D eigenvalue weighted by molar-refractivity contribution is 6.16. The quantitative estimate of drug-likeness (QED) is 0.546. The molecule has 1 amide bonds. The van der Waals surface area contributed by atoms with Crippen LogP contribution in [0.5, 0.6) is 0 Å². The number of nitrogens with two attached hydrogens (primary N) is 1. The number of carbonyl (C=O) groups excluding carboxylic acids is 1. The van der Waals surface area contributed by atoms with Crippen LogP contribution in [-0.2, 0) is 6.42 Å². The third-order valence-corrected chi connectivity index (χ3v) is 4.56. The number of hydrogen-bond acceptors (Lipinski definition) is 2. The normalized spacial score (nSPS) is 10.7. The highest BCUT2D eigenvalue weighted by Gasteiger charge is 2.19. The first-order chi connectivity index (χ1) is 13.1. The second-order valence-electron chi connectivity index (χ2n) is 6.27. The second-order valence-corrected chi connectivity index (χ2v) is 6.27. The van der Waals surface area contributed by atoms with E-state index in [-0.39, 0.29) is 5.56 Å². The fourth-order valence-electron chi connectivity index (χ4n) is 3.41. The molecule has 0 saturated heterocycles. The molecule has 0 spiro atoms. The molecule has 0 atom stereocenters. The molecule has 2 aromatic heterocycles. The van der Waals surface area contributed by atoms with Gasteiger partial charge in [0.25, 0.3) is 5.91 Å². The van der Waals surface area contributed by atoms with Gasteiger partial charge in [0.1, 0.15) is 11.5 Å². The average Bonchev–Trinajstić information content (AvgIpc) is 3.03. The predicted molar refractivity (Wildman–Crippen MR) is 104 cm³/mol. The van der Waals surface area contributed by atoms with Crippen molar-refractivity contribution < 1.29 is 9.18 Å². The summed E-state index contributed by atoms with van der Waals surface area (Å²) < 4.78 is 15.0. The molecule has 3 N–H and O–H groups in total. The zero-order valence-corrected chi connectivity index (χ0v) is 14.6. The lowest BCUT2D eigenvalue weighted by Crippen LogP contribution is -2.13. The van der Waals surface area contributed by atoms with Gasteiger partial charge in [0.15, 0.2) is 0 Å². The fraction of sp³-hybridized carbons (Fsp3) is 0.0909. The first kappa shape index (κ1) is 16.8. The molecular weight excluding hydrogens is 341 g/mol. The number of halogens is 1. The first-order valence-corrected chi connectivity index (χ1v) is 8.47. The van der Waals surface area contributed by atoms with E-state index in [0.29, 0.717) is 28.6 Å². The van der Waals surface area contributed by atoms with Crippen LogP contribution in [0.1, 0.15) is 34.1 Å². The number of rotatable bonds is 3. The molecule has 0 fully saturated rings. The number of hydrogen-bond donors (Lipinski definition) is 2. The standard InChI is InChI=1S/C22H16FN3O/c1-2-5-14-10-13(8-9-25-14)11-16-18(23)12-17(22(24)27)21-20(16)15-6-3-4-7-19(15)26-21/h3-4,6-10,12,26H,11H2,1H3,(H2,24,27). The molecule has 0 unspecified atom stereocenters. The molecule has 5 heteroatoms. The number of carbonyl (C=O) groups is 1. The number of para-hydroxylation sites is 1. The lowest BCUT2D eigenvalue weighted by molar-refractivity contribution is 0.100. The highest BCUT2D eigenvalue weighted by atomic mass is 19.1. The second kappa shape index (κ2) is 6.58. The summed E-state index contributed by atoms with van der Waals surface area (Å²) in [6.07, 6.45) is 2.02. The zero-order chi connectivity index (χ0) is 19.0. The number of benzene rings is 2. The monoisotopic (exact) mass is 357 g/mol. The Balaban J connectivity index is 1.98. The van der Waals surface area contributed by atoms with Crippen LogP contribution in [0.3, 0.4) is 0 Å². The van der Waals surface area contributed by atoms with Crippen molar-refractivity contribution in [2.45, 2.75) is 13.3 Å². The molecule has 132 valence electrons. The smallest absolute Gasteiger partial charge is 0.250 e. The van der Waals surface area contributed by atoms with Crippen LogP contribution in [0.25, 0.3) is 21.8 Å². The van der Waals surface area contributed by atoms with Crippen molar-refractivity contribution in [3.05, 3.63) is 76.9 Å². The van der Waals surface area contributed by atoms with Gasteiger partial charge in [0.2, 0.25) is 0 Å². The Morgan fingerprint density at radius 1 is 1.26 bits per heavy atom. The Bertz CT molecular complexity index is 1260. The Morgan fingerprint density at radius 3 is 2.85 bits per heavy atom. The molecule has 4 rings (SSSR count). The SMILES string of the molecule is CC#Cc1cc(Cc2c(F)cc(C(N)=O)c3[nH]c4ccccc4c23)ccn1. The van der Waals surface area contributed by atoms with Gasteiger partial charge in [-0.15, -0.1) is 0 Å². The van der Waals surface area contributed by atoms with Gasteiger partial charge >= 0.3 is 0 Å². The van der Waals surface area contributed by atoms with Crippen LogP contribution in [0, 0.1) is 17.7 Å². The van der Waals surface area contributed by atoms with E-state index in [1.54, 1.807) is 13.1 Å². The molecule has 2 aromatic carbocycles. The van der Waals surface area contributed by atoms with E-state index in [4.69, 9.17) is 5.73 Å². The number of amides is 1. The molecular formula is C22H16FN3O. The maximum Gasteiger partial charge on any atom is 0.250 e. The maximum atomic E-state index is 15.0. The minimum atomic E-state index is -0.665. The predicted octanol–water partition coefficient (Wildman–Crippen LogP) is 3.92. The summed E-state index contributed by atoms with van der Waals surface area (Å²) in [5.74, 6) is 4.60. The summed E-state index contributed by atoms with van der Waals surface area (Å²) >= 11 is 0. The number of aromatic nitrogens is 2. The van der Waals surface area contributed by atoms with Crippen molar-refractivity contribution in [3.8, 4) is 11.8 Å². The van der Waals surface area contributed by atoms with Gasteiger partial charge in [-0.3, -0.25) is 4.79 Å². The Hall–Kier alpha value is -3.65. The molecule has 0 aliphatic carbocycles. The van der Waals surface area contributed by atoms with E-state index in [1.165, 1.54) is 6.07 Å². The van der Waals surface area contributed by atoms with E-state index in [2.05, 4.69) is 21.8 Å². The molecule has 0 aliphatic heterocycles. The van der Waals surface area contributed by atoms with Crippen molar-refractivity contribution in [3.63, 3.8) is 0 Å². The third kappa shape index (κ3) is 2.91. The Labute approximate surface area is 155 Å². The van der Waals surface area contributed by atoms with E-state index in [9.17, 15) is 4.79 Å². The molecule has 0 saturated carbocycles. The maximum absolute atomic E-state index is 15.0. The summed E-state index contributed by atoms with van der Waals surface area (Å²) in [6, 6.07) is 12.5. The lowest BCUT2D eigenvalue weighted by Gasteiger charge is -2.09. The average molecular weight is 357 g/mol. The summed E-state index contributed by atoms with van der Waals surface area (Å²) in [5.41, 5.74) is 9.05. The summed E-state index contributed by atoms with van der Waals surface area (Å²) in [7, 11) is 0. The van der Waals surface area contributed by atoms with Crippen LogP contribution in [-0.4, -0.2) is 15.9 Å². The van der Waals surface area contributed by atoms with Crippen LogP contribution in [0.15, 0.2) is 48.7 Å². The van der Waals surface area contributed by atoms with Gasteiger partial charge in [0.05, 0.1) is 11.1 Å². The molecule has 0 aliphatic rings. The molecule has 0 radical (unpaired) electrons. The van der Waals surface area contributed by atoms with Crippen molar-refractivity contribution in [1.29, 1.82) is 0 Å². The minimum Gasteiger partial charge on any atom is -0.366 e. The number of nitrogens with one attached hydrogen (secondary N) is 1. The fourth-order valence-corrected chi connectivity index (χ4v) is 3.41. The Kier molecular flexibility index (Phi) is 4.09. The summed E-state index contributed by atoms with van der Waals surface area (Å²) in [4.78, 5) is 19.3. The van der Waals surface area contributed by atoms with Gasteiger partial charge in [-0.05, 0) is 42.7 Å².